The first-order valence-corrected chi connectivity index (χ1v) is 11.3. The number of amides is 2. The average Bonchev–Trinajstić information content (AvgIpc) is 3.34. The van der Waals surface area contributed by atoms with Gasteiger partial charge in [-0.2, -0.15) is 0 Å². The third-order valence-electron chi connectivity index (χ3n) is 7.13. The summed E-state index contributed by atoms with van der Waals surface area (Å²) in [5.41, 5.74) is 2.53. The highest BCUT2D eigenvalue weighted by Gasteiger charge is 2.68. The molecule has 6 heteroatoms. The summed E-state index contributed by atoms with van der Waals surface area (Å²) in [6.07, 6.45) is 0.243. The number of ether oxygens (including phenoxy) is 1. The fraction of sp³-hybridized carbons (Fsp3) is 0.250. The molecule has 0 saturated carbocycles. The van der Waals surface area contributed by atoms with Gasteiger partial charge < -0.3 is 4.74 Å². The van der Waals surface area contributed by atoms with Crippen LogP contribution in [0.1, 0.15) is 17.2 Å². The predicted molar refractivity (Wildman–Crippen MR) is 127 cm³/mol. The lowest BCUT2D eigenvalue weighted by Crippen LogP contribution is -2.57. The fourth-order valence-electron chi connectivity index (χ4n) is 5.47. The molecular weight excluding hydrogens is 428 g/mol. The van der Waals surface area contributed by atoms with Crippen LogP contribution < -0.4 is 5.32 Å². The van der Waals surface area contributed by atoms with Gasteiger partial charge >= 0.3 is 5.97 Å². The maximum atomic E-state index is 13.3. The van der Waals surface area contributed by atoms with Gasteiger partial charge in [0.15, 0.2) is 0 Å². The average molecular weight is 455 g/mol. The maximum Gasteiger partial charge on any atom is 0.327 e. The van der Waals surface area contributed by atoms with E-state index in [1.54, 1.807) is 0 Å². The number of imide groups is 1. The summed E-state index contributed by atoms with van der Waals surface area (Å²) in [6.45, 7) is 0. The van der Waals surface area contributed by atoms with Gasteiger partial charge in [-0.05, 0) is 22.3 Å². The minimum Gasteiger partial charge on any atom is -0.468 e. The van der Waals surface area contributed by atoms with Crippen molar-refractivity contribution in [1.82, 2.24) is 10.2 Å². The Hall–Kier alpha value is -3.77. The van der Waals surface area contributed by atoms with Crippen molar-refractivity contribution in [2.75, 3.05) is 14.2 Å². The van der Waals surface area contributed by atoms with Crippen LogP contribution in [-0.4, -0.2) is 42.4 Å². The van der Waals surface area contributed by atoms with Gasteiger partial charge in [-0.1, -0.05) is 84.9 Å². The van der Waals surface area contributed by atoms with Gasteiger partial charge in [-0.25, -0.2) is 0 Å². The Labute approximate surface area is 198 Å². The molecule has 2 aliphatic rings. The molecule has 0 aromatic heterocycles. The van der Waals surface area contributed by atoms with Crippen LogP contribution in [0.4, 0.5) is 0 Å². The number of esters is 1. The normalized spacial score (nSPS) is 25.9. The summed E-state index contributed by atoms with van der Waals surface area (Å²) >= 11 is 0. The van der Waals surface area contributed by atoms with Crippen LogP contribution in [0.2, 0.25) is 0 Å². The second kappa shape index (κ2) is 8.54. The van der Waals surface area contributed by atoms with Gasteiger partial charge in [-0.3, -0.25) is 24.6 Å². The van der Waals surface area contributed by atoms with Crippen molar-refractivity contribution >= 4 is 17.8 Å². The van der Waals surface area contributed by atoms with E-state index in [2.05, 4.69) is 5.32 Å². The minimum atomic E-state index is -1.35. The Balaban J connectivity index is 1.58. The van der Waals surface area contributed by atoms with E-state index in [1.807, 2.05) is 84.9 Å². The maximum absolute atomic E-state index is 13.3. The van der Waals surface area contributed by atoms with E-state index in [9.17, 15) is 14.4 Å². The number of nitrogens with zero attached hydrogens (tertiary/aromatic N) is 1. The van der Waals surface area contributed by atoms with E-state index in [-0.39, 0.29) is 18.2 Å². The number of methoxy groups -OCH3 is 1. The molecule has 0 aliphatic carbocycles. The molecule has 0 bridgehead atoms. The van der Waals surface area contributed by atoms with E-state index >= 15 is 0 Å². The molecule has 2 saturated heterocycles. The van der Waals surface area contributed by atoms with Crippen molar-refractivity contribution in [2.45, 2.75) is 18.0 Å². The van der Waals surface area contributed by atoms with Crippen molar-refractivity contribution in [1.29, 1.82) is 0 Å². The zero-order chi connectivity index (χ0) is 23.9. The monoisotopic (exact) mass is 454 g/mol. The highest BCUT2D eigenvalue weighted by atomic mass is 16.5. The van der Waals surface area contributed by atoms with Gasteiger partial charge in [0.2, 0.25) is 11.8 Å². The number of fused-ring (bicyclic) bond motifs is 1. The van der Waals surface area contributed by atoms with E-state index in [0.29, 0.717) is 0 Å². The molecule has 2 heterocycles. The first-order valence-electron chi connectivity index (χ1n) is 11.3. The number of carbonyl (C=O) groups is 3. The van der Waals surface area contributed by atoms with E-state index in [0.717, 1.165) is 27.2 Å². The molecule has 172 valence electrons. The highest BCUT2D eigenvalue weighted by molar-refractivity contribution is 6.09. The Morgan fingerprint density at radius 2 is 1.47 bits per heavy atom. The predicted octanol–water partition coefficient (Wildman–Crippen LogP) is 3.38. The molecule has 2 fully saturated rings. The van der Waals surface area contributed by atoms with Gasteiger partial charge in [-0.15, -0.1) is 0 Å². The summed E-state index contributed by atoms with van der Waals surface area (Å²) in [5.74, 6) is -2.71. The number of rotatable bonds is 5. The number of hydrogen-bond acceptors (Lipinski definition) is 5. The lowest BCUT2D eigenvalue weighted by molar-refractivity contribution is -0.153. The van der Waals surface area contributed by atoms with Crippen LogP contribution in [0.5, 0.6) is 0 Å². The Morgan fingerprint density at radius 3 is 2.09 bits per heavy atom. The Bertz CT molecular complexity index is 1230. The van der Waals surface area contributed by atoms with E-state index in [1.165, 1.54) is 14.2 Å². The minimum absolute atomic E-state index is 0.243. The lowest BCUT2D eigenvalue weighted by atomic mass is 9.76. The van der Waals surface area contributed by atoms with Crippen molar-refractivity contribution in [3.8, 4) is 11.1 Å². The van der Waals surface area contributed by atoms with Gasteiger partial charge in [0, 0.05) is 19.5 Å². The largest absolute Gasteiger partial charge is 0.468 e. The number of nitrogens with one attached hydrogen (secondary N) is 1. The van der Waals surface area contributed by atoms with Crippen LogP contribution in [-0.2, 0) is 25.5 Å². The smallest absolute Gasteiger partial charge is 0.327 e. The fourth-order valence-corrected chi connectivity index (χ4v) is 5.47. The van der Waals surface area contributed by atoms with Gasteiger partial charge in [0.25, 0.3) is 0 Å². The molecule has 0 unspecified atom stereocenters. The van der Waals surface area contributed by atoms with Crippen LogP contribution >= 0.6 is 0 Å². The zero-order valence-electron chi connectivity index (χ0n) is 19.1. The van der Waals surface area contributed by atoms with Crippen molar-refractivity contribution in [3.63, 3.8) is 0 Å². The van der Waals surface area contributed by atoms with Crippen LogP contribution in [0.25, 0.3) is 11.1 Å². The second-order valence-electron chi connectivity index (χ2n) is 8.97. The number of benzene rings is 3. The van der Waals surface area contributed by atoms with Gasteiger partial charge in [0.05, 0.1) is 18.9 Å². The molecule has 0 spiro atoms. The van der Waals surface area contributed by atoms with Crippen molar-refractivity contribution in [3.05, 3.63) is 96.1 Å². The summed E-state index contributed by atoms with van der Waals surface area (Å²) in [5, 5.41) is 3.42. The highest BCUT2D eigenvalue weighted by Crippen LogP contribution is 2.50. The van der Waals surface area contributed by atoms with E-state index in [4.69, 9.17) is 4.74 Å². The molecule has 2 aliphatic heterocycles. The van der Waals surface area contributed by atoms with Crippen LogP contribution in [0, 0.1) is 11.8 Å². The molecule has 0 radical (unpaired) electrons. The molecule has 1 N–H and O–H groups in total. The van der Waals surface area contributed by atoms with E-state index < -0.39 is 29.4 Å². The molecule has 6 nitrogen and oxygen atoms in total. The second-order valence-corrected chi connectivity index (χ2v) is 8.97. The molecule has 4 atom stereocenters. The number of likely N-dealkylation sites (tertiary alicyclic amines) is 1. The molecule has 2 amide bonds. The lowest BCUT2D eigenvalue weighted by Gasteiger charge is -2.32. The third-order valence-corrected chi connectivity index (χ3v) is 7.13. The summed E-state index contributed by atoms with van der Waals surface area (Å²) < 4.78 is 5.21. The standard InChI is InChI=1S/C28H26N2O4/c1-30-25(31)22-23(26(30)32)28(27(33)34-2,17-18-9-5-3-6-10-18)29-24(22)21-15-13-20(14-16-21)19-11-7-4-8-12-19/h3-16,22-24,29H,17H2,1-2H3/t22-,23-,24-,28-/m1/s1. The summed E-state index contributed by atoms with van der Waals surface area (Å²) in [4.78, 5) is 41.0. The third kappa shape index (κ3) is 3.42. The summed E-state index contributed by atoms with van der Waals surface area (Å²) in [6, 6.07) is 26.9. The van der Waals surface area contributed by atoms with Crippen LogP contribution in [0.15, 0.2) is 84.9 Å². The molecule has 34 heavy (non-hydrogen) atoms. The quantitative estimate of drug-likeness (QED) is 0.473. The van der Waals surface area contributed by atoms with Crippen LogP contribution in [0.3, 0.4) is 0 Å². The van der Waals surface area contributed by atoms with Crippen molar-refractivity contribution < 1.29 is 19.1 Å². The first-order chi connectivity index (χ1) is 16.5. The number of carbonyl (C=O) groups excluding carboxylic acids is 3. The topological polar surface area (TPSA) is 75.7 Å². The Kier molecular flexibility index (Phi) is 5.54. The molecule has 5 rings (SSSR count). The number of hydrogen-bond donors (Lipinski definition) is 1. The van der Waals surface area contributed by atoms with Gasteiger partial charge in [0.1, 0.15) is 5.54 Å². The molecular formula is C28H26N2O4. The first kappa shape index (κ1) is 22.0. The summed E-state index contributed by atoms with van der Waals surface area (Å²) in [7, 11) is 2.81. The zero-order valence-corrected chi connectivity index (χ0v) is 19.1. The molecule has 3 aromatic rings. The molecule has 3 aromatic carbocycles. The van der Waals surface area contributed by atoms with Crippen molar-refractivity contribution in [2.24, 2.45) is 11.8 Å². The Morgan fingerprint density at radius 1 is 0.882 bits per heavy atom. The SMILES string of the molecule is COC(=O)[C@]1(Cc2ccccc2)N[C@H](c2ccc(-c3ccccc3)cc2)[C@@H]2C(=O)N(C)C(=O)[C@@H]21.